The number of nitrogens with zero attached hydrogens (tertiary/aromatic N) is 8. The fraction of sp³-hybridized carbons (Fsp3) is 0.730. The Labute approximate surface area is 353 Å². The Balaban J connectivity index is 1.12. The second-order valence-electron chi connectivity index (χ2n) is 15.5. The van der Waals surface area contributed by atoms with Gasteiger partial charge in [-0.2, -0.15) is 0 Å². The van der Waals surface area contributed by atoms with E-state index in [1.807, 2.05) is 0 Å². The van der Waals surface area contributed by atoms with Gasteiger partial charge in [-0.25, -0.2) is 14.2 Å². The third-order valence-corrected chi connectivity index (χ3v) is 10.7. The van der Waals surface area contributed by atoms with Gasteiger partial charge in [-0.05, 0) is 12.8 Å². The van der Waals surface area contributed by atoms with Gasteiger partial charge in [-0.15, -0.1) is 15.3 Å². The van der Waals surface area contributed by atoms with Crippen LogP contribution in [-0.2, 0) is 55.9 Å². The molecule has 0 aromatic carbocycles. The van der Waals surface area contributed by atoms with Gasteiger partial charge < -0.3 is 55.2 Å². The van der Waals surface area contributed by atoms with Gasteiger partial charge in [0.25, 0.3) is 11.8 Å². The second-order valence-corrected chi connectivity index (χ2v) is 15.5. The first-order valence-electron chi connectivity index (χ1n) is 20.4. The molecule has 5 rings (SSSR count). The maximum atomic E-state index is 13.2. The van der Waals surface area contributed by atoms with Gasteiger partial charge in [0.05, 0.1) is 56.6 Å². The van der Waals surface area contributed by atoms with Crippen LogP contribution in [0.15, 0.2) is 12.4 Å². The Kier molecular flexibility index (Phi) is 17.8. The molecule has 0 saturated carbocycles. The molecular weight excluding hydrogens is 828 g/mol. The number of rotatable bonds is 24. The van der Waals surface area contributed by atoms with E-state index < -0.39 is 92.3 Å². The van der Waals surface area contributed by atoms with E-state index in [0.717, 1.165) is 9.36 Å². The fourth-order valence-electron chi connectivity index (χ4n) is 7.14. The van der Waals surface area contributed by atoms with E-state index in [4.69, 9.17) is 14.3 Å². The van der Waals surface area contributed by atoms with Crippen LogP contribution >= 0.6 is 0 Å². The standard InChI is InChI=1S/C37H54N8O17/c46-18-25-30(54)32(56)34(58)36(60-25)43-13-20(38-40-43)7-9-23(49)16-42(15-22(48)5-3-1-2-4-6-29(53)62-45-27(51)11-12-28(45)52)17-24(50)10-8-21-14-44(41-39-21)37-35(59)33(57)31(55)26(19-47)61-37/h13-14,25-26,30-37,46-47,54-59H,1-12,15-19H2/t25-,26-,30-,31-,32+,33+,34+,35+,36+,37+/m1/s1. The van der Waals surface area contributed by atoms with Crippen molar-refractivity contribution in [1.82, 2.24) is 40.0 Å². The molecule has 10 atom stereocenters. The molecule has 2 aromatic rings. The molecule has 3 saturated heterocycles. The van der Waals surface area contributed by atoms with Crippen molar-refractivity contribution in [2.24, 2.45) is 0 Å². The molecule has 0 aliphatic carbocycles. The quantitative estimate of drug-likeness (QED) is 0.0363. The van der Waals surface area contributed by atoms with Crippen molar-refractivity contribution in [2.45, 2.75) is 138 Å². The molecule has 2 amide bonds. The lowest BCUT2D eigenvalue weighted by Gasteiger charge is -2.39. The normalized spacial score (nSPS) is 27.9. The second kappa shape index (κ2) is 22.7. The molecule has 25 heteroatoms. The Morgan fingerprint density at radius 3 is 1.47 bits per heavy atom. The zero-order valence-corrected chi connectivity index (χ0v) is 33.8. The number of hydrogen-bond acceptors (Lipinski definition) is 22. The predicted octanol–water partition coefficient (Wildman–Crippen LogP) is -4.66. The molecule has 25 nitrogen and oxygen atoms in total. The molecule has 5 heterocycles. The van der Waals surface area contributed by atoms with Crippen molar-refractivity contribution in [1.29, 1.82) is 0 Å². The third kappa shape index (κ3) is 12.8. The van der Waals surface area contributed by atoms with Crippen LogP contribution in [0.3, 0.4) is 0 Å². The summed E-state index contributed by atoms with van der Waals surface area (Å²) in [5.41, 5.74) is 0.606. The molecular formula is C37H54N8O17. The lowest BCUT2D eigenvalue weighted by molar-refractivity contribution is -0.254. The number of hydroxylamine groups is 2. The molecule has 344 valence electrons. The Morgan fingerprint density at radius 2 is 1.03 bits per heavy atom. The molecule has 3 fully saturated rings. The van der Waals surface area contributed by atoms with Crippen molar-refractivity contribution in [2.75, 3.05) is 32.8 Å². The first-order valence-corrected chi connectivity index (χ1v) is 20.4. The Morgan fingerprint density at radius 1 is 0.613 bits per heavy atom. The Hall–Kier alpha value is -4.54. The summed E-state index contributed by atoms with van der Waals surface area (Å²) in [5, 5.41) is 96.4. The molecule has 3 aliphatic rings. The maximum Gasteiger partial charge on any atom is 0.333 e. The molecule has 8 N–H and O–H groups in total. The number of unbranched alkanes of at least 4 members (excludes halogenated alkanes) is 3. The molecule has 0 bridgehead atoms. The summed E-state index contributed by atoms with van der Waals surface area (Å²) in [6.07, 6.45) is -9.84. The summed E-state index contributed by atoms with van der Waals surface area (Å²) in [6, 6.07) is 0. The highest BCUT2D eigenvalue weighted by molar-refractivity contribution is 6.01. The van der Waals surface area contributed by atoms with Gasteiger partial charge in [0, 0.05) is 51.4 Å². The number of amides is 2. The van der Waals surface area contributed by atoms with Crippen molar-refractivity contribution in [3.8, 4) is 0 Å². The highest BCUT2D eigenvalue weighted by Crippen LogP contribution is 2.29. The number of carbonyl (C=O) groups is 6. The van der Waals surface area contributed by atoms with E-state index in [2.05, 4.69) is 20.6 Å². The summed E-state index contributed by atoms with van der Waals surface area (Å²) in [7, 11) is 0. The van der Waals surface area contributed by atoms with Gasteiger partial charge in [-0.1, -0.05) is 23.3 Å². The van der Waals surface area contributed by atoms with Gasteiger partial charge in [0.2, 0.25) is 0 Å². The number of Topliss-reactive ketones (excluding diaryl/α,β-unsaturated/α-hetero) is 3. The number of imide groups is 1. The minimum Gasteiger partial charge on any atom is -0.394 e. The van der Waals surface area contributed by atoms with Crippen LogP contribution in [0.25, 0.3) is 0 Å². The van der Waals surface area contributed by atoms with Crippen molar-refractivity contribution < 1.29 is 83.9 Å². The molecule has 2 aromatic heterocycles. The number of ether oxygens (including phenoxy) is 2. The zero-order chi connectivity index (χ0) is 45.1. The summed E-state index contributed by atoms with van der Waals surface area (Å²) >= 11 is 0. The van der Waals surface area contributed by atoms with E-state index >= 15 is 0 Å². The monoisotopic (exact) mass is 882 g/mol. The molecule has 3 aliphatic heterocycles. The first kappa shape index (κ1) is 48.5. The van der Waals surface area contributed by atoms with E-state index in [-0.39, 0.29) is 88.4 Å². The minimum absolute atomic E-state index is 0.0119. The molecule has 62 heavy (non-hydrogen) atoms. The van der Waals surface area contributed by atoms with E-state index in [0.29, 0.717) is 42.1 Å². The predicted molar refractivity (Wildman–Crippen MR) is 201 cm³/mol. The summed E-state index contributed by atoms with van der Waals surface area (Å²) < 4.78 is 13.2. The topological polar surface area (TPSA) is 360 Å². The lowest BCUT2D eigenvalue weighted by atomic mass is 9.98. The van der Waals surface area contributed by atoms with Gasteiger partial charge in [0.1, 0.15) is 66.2 Å². The third-order valence-electron chi connectivity index (χ3n) is 10.7. The zero-order valence-electron chi connectivity index (χ0n) is 33.8. The largest absolute Gasteiger partial charge is 0.394 e. The highest BCUT2D eigenvalue weighted by Gasteiger charge is 2.46. The fourth-order valence-corrected chi connectivity index (χ4v) is 7.14. The SMILES string of the molecule is O=C(CCCCCCC(=O)ON1C(=O)CCC1=O)CN(CC(=O)CCc1cn([C@H]2O[C@H](CO)[C@@H](O)[C@H](O)[C@@H]2O)nn1)CC(=O)CCc1cn([C@H]2O[C@H](CO)[C@@H](O)[C@H](O)[C@@H]2O)nn1. The molecule has 0 radical (unpaired) electrons. The van der Waals surface area contributed by atoms with Crippen LogP contribution in [0.2, 0.25) is 0 Å². The van der Waals surface area contributed by atoms with Crippen LogP contribution in [0.5, 0.6) is 0 Å². The van der Waals surface area contributed by atoms with Crippen LogP contribution in [-0.4, -0.2) is 198 Å². The number of hydrogen-bond donors (Lipinski definition) is 8. The summed E-state index contributed by atoms with van der Waals surface area (Å²) in [6.45, 7) is -2.08. The van der Waals surface area contributed by atoms with Gasteiger partial charge in [-0.3, -0.25) is 28.9 Å². The average molecular weight is 883 g/mol. The number of carbonyl (C=O) groups excluding carboxylic acids is 6. The summed E-state index contributed by atoms with van der Waals surface area (Å²) in [4.78, 5) is 81.2. The Bertz CT molecular complexity index is 1750. The lowest BCUT2D eigenvalue weighted by Crippen LogP contribution is -2.56. The van der Waals surface area contributed by atoms with Crippen molar-refractivity contribution >= 4 is 35.1 Å². The van der Waals surface area contributed by atoms with E-state index in [1.165, 1.54) is 17.3 Å². The number of ketones is 3. The number of aliphatic hydroxyl groups excluding tert-OH is 8. The highest BCUT2D eigenvalue weighted by atomic mass is 16.7. The maximum absolute atomic E-state index is 13.2. The van der Waals surface area contributed by atoms with Crippen LogP contribution in [0, 0.1) is 0 Å². The minimum atomic E-state index is -1.64. The van der Waals surface area contributed by atoms with Crippen molar-refractivity contribution in [3.05, 3.63) is 23.8 Å². The van der Waals surface area contributed by atoms with Crippen LogP contribution in [0.1, 0.15) is 88.1 Å². The van der Waals surface area contributed by atoms with Gasteiger partial charge >= 0.3 is 5.97 Å². The van der Waals surface area contributed by atoms with E-state index in [9.17, 15) is 69.6 Å². The number of aliphatic hydroxyl groups is 8. The van der Waals surface area contributed by atoms with Gasteiger partial charge in [0.15, 0.2) is 12.5 Å². The van der Waals surface area contributed by atoms with Crippen molar-refractivity contribution in [3.63, 3.8) is 0 Å². The molecule has 0 unspecified atom stereocenters. The molecule has 0 spiro atoms. The van der Waals surface area contributed by atoms with Crippen LogP contribution in [0.4, 0.5) is 0 Å². The number of aryl methyl sites for hydroxylation is 2. The summed E-state index contributed by atoms with van der Waals surface area (Å²) in [5.74, 6) is -2.80. The van der Waals surface area contributed by atoms with Crippen LogP contribution < -0.4 is 0 Å². The average Bonchev–Trinajstić information content (AvgIpc) is 4.00. The first-order chi connectivity index (χ1) is 29.6. The number of aromatic nitrogens is 6. The smallest absolute Gasteiger partial charge is 0.333 e. The van der Waals surface area contributed by atoms with E-state index in [1.54, 1.807) is 0 Å².